The Morgan fingerprint density at radius 3 is 2.51 bits per heavy atom. The van der Waals surface area contributed by atoms with Crippen molar-refractivity contribution in [3.63, 3.8) is 0 Å². The molecule has 0 radical (unpaired) electrons. The summed E-state index contributed by atoms with van der Waals surface area (Å²) in [7, 11) is 0. The van der Waals surface area contributed by atoms with Crippen LogP contribution in [0.4, 0.5) is 0 Å². The summed E-state index contributed by atoms with van der Waals surface area (Å²) in [6, 6.07) is 20.7. The molecule has 13 heteroatoms. The first kappa shape index (κ1) is 30.4. The molecule has 0 spiro atoms. The molecule has 0 unspecified atom stereocenters. The predicted octanol–water partition coefficient (Wildman–Crippen LogP) is 1.34. The first-order chi connectivity index (χ1) is 20.4. The number of benzene rings is 3. The smallest absolute Gasteiger partial charge is 0.465 e. The third-order valence-electron chi connectivity index (χ3n) is 6.55. The van der Waals surface area contributed by atoms with E-state index in [9.17, 15) is 14.4 Å². The number of carbonyl (C=O) groups is 1. The van der Waals surface area contributed by atoms with Gasteiger partial charge in [0.05, 0.1) is 29.7 Å². The standard InChI is InChI=1S/C30H24N4O8.K/c1-3-38-28-31-23-11-7-10-21(27(35)39-16-24-17(2)40-30(37)41-24)25(23)34(28)15-18-12-13-20(19-8-5-4-6-9-19)22(14-18)26-32-29(36)42-33-26;/h4-14H,3,15-16H2,1-2H3,(H,32,33,36);/q;+1/p-1. The number of carbonyl (C=O) groups excluding carboxylic acids is 1. The summed E-state index contributed by atoms with van der Waals surface area (Å²) in [4.78, 5) is 44.9. The van der Waals surface area contributed by atoms with E-state index in [1.165, 1.54) is 0 Å². The summed E-state index contributed by atoms with van der Waals surface area (Å²) < 4.78 is 27.6. The maximum atomic E-state index is 13.3. The van der Waals surface area contributed by atoms with E-state index in [4.69, 9.17) is 22.8 Å². The Kier molecular flexibility index (Phi) is 9.27. The van der Waals surface area contributed by atoms with Gasteiger partial charge in [-0.25, -0.2) is 14.4 Å². The number of nitrogens with zero attached hydrogens (tertiary/aromatic N) is 4. The van der Waals surface area contributed by atoms with Crippen LogP contribution in [0.3, 0.4) is 0 Å². The number of imidazole rings is 1. The van der Waals surface area contributed by atoms with Crippen molar-refractivity contribution in [3.05, 3.63) is 111 Å². The van der Waals surface area contributed by atoms with Gasteiger partial charge in [0, 0.05) is 0 Å². The maximum absolute atomic E-state index is 13.3. The summed E-state index contributed by atoms with van der Waals surface area (Å²) in [5.74, 6) is -1.80. The van der Waals surface area contributed by atoms with Gasteiger partial charge in [-0.05, 0) is 60.1 Å². The number of fused-ring (bicyclic) bond motifs is 1. The van der Waals surface area contributed by atoms with E-state index in [1.807, 2.05) is 55.5 Å². The second kappa shape index (κ2) is 13.1. The minimum absolute atomic E-state index is 0. The minimum atomic E-state index is -0.870. The molecule has 0 atom stereocenters. The zero-order valence-electron chi connectivity index (χ0n) is 23.5. The molecule has 0 fully saturated rings. The molecule has 3 aromatic carbocycles. The Labute approximate surface area is 286 Å². The molecule has 6 rings (SSSR count). The topological polar surface area (TPSA) is 154 Å². The Balaban J connectivity index is 0.00000368. The van der Waals surface area contributed by atoms with Crippen LogP contribution < -0.4 is 72.7 Å². The van der Waals surface area contributed by atoms with Crippen molar-refractivity contribution in [2.24, 2.45) is 0 Å². The van der Waals surface area contributed by atoms with Crippen LogP contribution in [0.5, 0.6) is 6.01 Å². The molecule has 0 aliphatic heterocycles. The summed E-state index contributed by atoms with van der Waals surface area (Å²) in [6.45, 7) is 3.69. The van der Waals surface area contributed by atoms with Crippen molar-refractivity contribution in [3.8, 4) is 28.5 Å². The molecule has 0 saturated carbocycles. The number of hydrogen-bond donors (Lipinski definition) is 0. The first-order valence-electron chi connectivity index (χ1n) is 13.0. The quantitative estimate of drug-likeness (QED) is 0.173. The molecule has 0 saturated heterocycles. The Morgan fingerprint density at radius 1 is 1.00 bits per heavy atom. The number of hydrogen-bond acceptors (Lipinski definition) is 10. The third-order valence-corrected chi connectivity index (χ3v) is 6.55. The van der Waals surface area contributed by atoms with E-state index in [1.54, 1.807) is 29.7 Å². The van der Waals surface area contributed by atoms with E-state index in [-0.39, 0.29) is 87.4 Å². The molecular weight excluding hydrogens is 583 g/mol. The molecule has 0 aliphatic carbocycles. The summed E-state index contributed by atoms with van der Waals surface area (Å²) in [5, 5.41) is 3.86. The van der Waals surface area contributed by atoms with Crippen molar-refractivity contribution < 1.29 is 79.0 Å². The van der Waals surface area contributed by atoms with Crippen LogP contribution in [-0.2, 0) is 17.9 Å². The number of aromatic nitrogens is 4. The SMILES string of the molecule is CCOc1nc2cccc(C(=O)OCc3oc(=O)oc3C)c2n1Cc1ccc(-c2ccccc2)c(-c2noc(=O)[n-]2)c1.[K+]. The molecule has 0 amide bonds. The molecular formula is C30H23KN4O8. The zero-order valence-corrected chi connectivity index (χ0v) is 26.7. The van der Waals surface area contributed by atoms with Crippen LogP contribution >= 0.6 is 0 Å². The molecule has 43 heavy (non-hydrogen) atoms. The normalized spacial score (nSPS) is 10.9. The fraction of sp³-hybridized carbons (Fsp3) is 0.167. The van der Waals surface area contributed by atoms with Gasteiger partial charge in [-0.15, -0.1) is 0 Å². The van der Waals surface area contributed by atoms with Crippen molar-refractivity contribution in [1.82, 2.24) is 19.7 Å². The molecule has 212 valence electrons. The number of aryl methyl sites for hydroxylation is 1. The van der Waals surface area contributed by atoms with Crippen LogP contribution in [0, 0.1) is 6.92 Å². The summed E-state index contributed by atoms with van der Waals surface area (Å²) >= 11 is 0. The maximum Gasteiger partial charge on any atom is 1.00 e. The number of ether oxygens (including phenoxy) is 2. The van der Waals surface area contributed by atoms with Gasteiger partial charge in [0.15, 0.2) is 18.1 Å². The van der Waals surface area contributed by atoms with Crippen LogP contribution in [0.1, 0.15) is 34.4 Å². The van der Waals surface area contributed by atoms with E-state index in [0.29, 0.717) is 29.2 Å². The number of esters is 1. The van der Waals surface area contributed by atoms with Crippen molar-refractivity contribution in [1.29, 1.82) is 0 Å². The minimum Gasteiger partial charge on any atom is -0.465 e. The average molecular weight is 607 g/mol. The van der Waals surface area contributed by atoms with Gasteiger partial charge in [-0.1, -0.05) is 48.5 Å². The van der Waals surface area contributed by atoms with E-state index in [0.717, 1.165) is 16.7 Å². The Hall–Kier alpha value is -4.01. The van der Waals surface area contributed by atoms with Crippen molar-refractivity contribution >= 4 is 17.0 Å². The molecule has 3 aromatic heterocycles. The fourth-order valence-corrected chi connectivity index (χ4v) is 4.68. The molecule has 0 N–H and O–H groups in total. The van der Waals surface area contributed by atoms with Crippen LogP contribution in [0.2, 0.25) is 0 Å². The predicted molar refractivity (Wildman–Crippen MR) is 148 cm³/mol. The number of rotatable bonds is 9. The second-order valence-corrected chi connectivity index (χ2v) is 9.23. The van der Waals surface area contributed by atoms with Gasteiger partial charge in [0.1, 0.15) is 0 Å². The average Bonchev–Trinajstić information content (AvgIpc) is 3.68. The molecule has 0 aliphatic rings. The van der Waals surface area contributed by atoms with Gasteiger partial charge >= 0.3 is 68.9 Å². The van der Waals surface area contributed by atoms with Gasteiger partial charge in [-0.2, -0.15) is 4.98 Å². The van der Waals surface area contributed by atoms with Gasteiger partial charge in [0.25, 0.3) is 6.01 Å². The number of para-hydroxylation sites is 1. The summed E-state index contributed by atoms with van der Waals surface area (Å²) in [5.41, 5.74) is 4.37. The first-order valence-corrected chi connectivity index (χ1v) is 13.0. The second-order valence-electron chi connectivity index (χ2n) is 9.23. The van der Waals surface area contributed by atoms with E-state index < -0.39 is 17.5 Å². The molecule has 3 heterocycles. The Morgan fingerprint density at radius 2 is 1.81 bits per heavy atom. The van der Waals surface area contributed by atoms with Crippen molar-refractivity contribution in [2.75, 3.05) is 6.61 Å². The monoisotopic (exact) mass is 606 g/mol. The molecule has 12 nitrogen and oxygen atoms in total. The summed E-state index contributed by atoms with van der Waals surface area (Å²) in [6.07, 6.45) is 0. The van der Waals surface area contributed by atoms with E-state index in [2.05, 4.69) is 15.1 Å². The Bertz CT molecular complexity index is 2020. The van der Waals surface area contributed by atoms with Gasteiger partial charge < -0.3 is 27.8 Å². The zero-order chi connectivity index (χ0) is 29.2. The van der Waals surface area contributed by atoms with Crippen LogP contribution in [-0.4, -0.2) is 27.3 Å². The van der Waals surface area contributed by atoms with E-state index >= 15 is 0 Å². The fourth-order valence-electron chi connectivity index (χ4n) is 4.68. The molecule has 6 aromatic rings. The van der Waals surface area contributed by atoms with Gasteiger partial charge in [0.2, 0.25) is 0 Å². The van der Waals surface area contributed by atoms with Crippen LogP contribution in [0.15, 0.2) is 89.7 Å². The van der Waals surface area contributed by atoms with Gasteiger partial charge in [-0.3, -0.25) is 9.72 Å². The van der Waals surface area contributed by atoms with Crippen molar-refractivity contribution in [2.45, 2.75) is 27.0 Å². The third kappa shape index (κ3) is 6.35. The molecule has 0 bridgehead atoms. The largest absolute Gasteiger partial charge is 1.00 e. The van der Waals surface area contributed by atoms with Crippen LogP contribution in [0.25, 0.3) is 33.5 Å².